The van der Waals surface area contributed by atoms with Crippen molar-refractivity contribution in [3.8, 4) is 0 Å². The molecule has 3 N–H and O–H groups in total. The number of aliphatic carboxylic acids is 1. The molecule has 1 aliphatic rings. The number of carboxylic acid groups (broad SMARTS) is 1. The van der Waals surface area contributed by atoms with E-state index in [2.05, 4.69) is 15.3 Å². The zero-order valence-corrected chi connectivity index (χ0v) is 10.7. The fraction of sp³-hybridized carbons (Fsp3) is 0.231. The maximum absolute atomic E-state index is 11.2. The molecule has 0 fully saturated rings. The van der Waals surface area contributed by atoms with Crippen molar-refractivity contribution in [1.82, 2.24) is 15.3 Å². The lowest BCUT2D eigenvalue weighted by molar-refractivity contribution is -0.139. The van der Waals surface area contributed by atoms with Gasteiger partial charge in [-0.1, -0.05) is 23.7 Å². The van der Waals surface area contributed by atoms with Crippen LogP contribution < -0.4 is 5.32 Å². The average molecular weight is 278 g/mol. The summed E-state index contributed by atoms with van der Waals surface area (Å²) in [5, 5.41) is 12.9. The number of nitrogens with zero attached hydrogens (tertiary/aromatic N) is 1. The minimum atomic E-state index is -0.868. The molecule has 19 heavy (non-hydrogen) atoms. The molecule has 0 spiro atoms. The number of imidazole rings is 1. The van der Waals surface area contributed by atoms with Crippen molar-refractivity contribution in [2.75, 3.05) is 0 Å². The molecule has 2 heterocycles. The van der Waals surface area contributed by atoms with Crippen molar-refractivity contribution < 1.29 is 9.90 Å². The topological polar surface area (TPSA) is 78.0 Å². The standard InChI is InChI=1S/C13H12ClN3O2/c14-8-3-1-2-7(4-8)11-12-9(15-6-16-12)5-10(17-11)13(18)19/h1-4,6,10-11,17H,5H2,(H,15,16)(H,18,19)/t10-,11-/m0/s1. The van der Waals surface area contributed by atoms with E-state index in [4.69, 9.17) is 11.6 Å². The van der Waals surface area contributed by atoms with Crippen LogP contribution in [0, 0.1) is 0 Å². The van der Waals surface area contributed by atoms with E-state index >= 15 is 0 Å². The van der Waals surface area contributed by atoms with Crippen LogP contribution in [0.25, 0.3) is 0 Å². The Morgan fingerprint density at radius 2 is 2.32 bits per heavy atom. The van der Waals surface area contributed by atoms with Crippen LogP contribution in [0.2, 0.25) is 5.02 Å². The molecule has 0 saturated carbocycles. The molecule has 0 radical (unpaired) electrons. The molecule has 0 saturated heterocycles. The van der Waals surface area contributed by atoms with E-state index in [0.717, 1.165) is 17.0 Å². The first-order valence-electron chi connectivity index (χ1n) is 5.91. The average Bonchev–Trinajstić information content (AvgIpc) is 2.85. The summed E-state index contributed by atoms with van der Waals surface area (Å²) < 4.78 is 0. The summed E-state index contributed by atoms with van der Waals surface area (Å²) >= 11 is 5.99. The molecule has 1 aliphatic heterocycles. The van der Waals surface area contributed by atoms with Crippen LogP contribution >= 0.6 is 11.6 Å². The Morgan fingerprint density at radius 1 is 1.47 bits per heavy atom. The van der Waals surface area contributed by atoms with Crippen LogP contribution in [0.3, 0.4) is 0 Å². The van der Waals surface area contributed by atoms with E-state index in [-0.39, 0.29) is 6.04 Å². The van der Waals surface area contributed by atoms with Crippen LogP contribution in [0.4, 0.5) is 0 Å². The highest BCUT2D eigenvalue weighted by Crippen LogP contribution is 2.29. The van der Waals surface area contributed by atoms with Crippen LogP contribution in [0.15, 0.2) is 30.6 Å². The van der Waals surface area contributed by atoms with Crippen LogP contribution in [0.5, 0.6) is 0 Å². The highest BCUT2D eigenvalue weighted by molar-refractivity contribution is 6.30. The molecule has 0 bridgehead atoms. The number of carbonyl (C=O) groups is 1. The van der Waals surface area contributed by atoms with Crippen molar-refractivity contribution >= 4 is 17.6 Å². The Morgan fingerprint density at radius 3 is 3.05 bits per heavy atom. The maximum Gasteiger partial charge on any atom is 0.321 e. The van der Waals surface area contributed by atoms with Gasteiger partial charge in [-0.2, -0.15) is 0 Å². The van der Waals surface area contributed by atoms with Crippen molar-refractivity contribution in [2.24, 2.45) is 0 Å². The molecule has 5 nitrogen and oxygen atoms in total. The minimum Gasteiger partial charge on any atom is -0.480 e. The summed E-state index contributed by atoms with van der Waals surface area (Å²) in [6.07, 6.45) is 2.00. The van der Waals surface area contributed by atoms with Gasteiger partial charge in [-0.05, 0) is 17.7 Å². The monoisotopic (exact) mass is 277 g/mol. The first kappa shape index (κ1) is 12.2. The van der Waals surface area contributed by atoms with Crippen LogP contribution in [-0.2, 0) is 11.2 Å². The van der Waals surface area contributed by atoms with Crippen molar-refractivity contribution in [3.05, 3.63) is 52.6 Å². The zero-order valence-electron chi connectivity index (χ0n) is 9.93. The van der Waals surface area contributed by atoms with Crippen molar-refractivity contribution in [3.63, 3.8) is 0 Å². The molecule has 3 rings (SSSR count). The number of fused-ring (bicyclic) bond motifs is 1. The summed E-state index contributed by atoms with van der Waals surface area (Å²) in [6.45, 7) is 0. The number of nitrogens with one attached hydrogen (secondary N) is 2. The predicted octanol–water partition coefficient (Wildman–Crippen LogP) is 1.75. The predicted molar refractivity (Wildman–Crippen MR) is 70.1 cm³/mol. The second kappa shape index (κ2) is 4.68. The van der Waals surface area contributed by atoms with E-state index in [1.165, 1.54) is 0 Å². The van der Waals surface area contributed by atoms with Gasteiger partial charge in [0.2, 0.25) is 0 Å². The largest absolute Gasteiger partial charge is 0.480 e. The smallest absolute Gasteiger partial charge is 0.321 e. The first-order chi connectivity index (χ1) is 9.15. The lowest BCUT2D eigenvalue weighted by atomic mass is 9.94. The first-order valence-corrected chi connectivity index (χ1v) is 6.29. The van der Waals surface area contributed by atoms with E-state index in [1.807, 2.05) is 18.2 Å². The number of carboxylic acids is 1. The second-order valence-electron chi connectivity index (χ2n) is 4.52. The Balaban J connectivity index is 2.03. The minimum absolute atomic E-state index is 0.255. The van der Waals surface area contributed by atoms with Gasteiger partial charge >= 0.3 is 5.97 Å². The number of aromatic nitrogens is 2. The van der Waals surface area contributed by atoms with Gasteiger partial charge in [0.15, 0.2) is 0 Å². The maximum atomic E-state index is 11.2. The molecule has 2 aromatic rings. The number of H-pyrrole nitrogens is 1. The van der Waals surface area contributed by atoms with Gasteiger partial charge in [-0.25, -0.2) is 4.98 Å². The summed E-state index contributed by atoms with van der Waals surface area (Å²) in [5.74, 6) is -0.868. The Bertz CT molecular complexity index is 626. The number of hydrogen-bond donors (Lipinski definition) is 3. The molecular formula is C13H12ClN3O2. The Labute approximate surface area is 114 Å². The molecule has 0 unspecified atom stereocenters. The highest BCUT2D eigenvalue weighted by atomic mass is 35.5. The van der Waals surface area contributed by atoms with Gasteiger partial charge in [-0.15, -0.1) is 0 Å². The van der Waals surface area contributed by atoms with Gasteiger partial charge < -0.3 is 10.1 Å². The zero-order chi connectivity index (χ0) is 13.4. The van der Waals surface area contributed by atoms with Gasteiger partial charge in [0, 0.05) is 17.1 Å². The number of aromatic amines is 1. The molecule has 2 atom stereocenters. The SMILES string of the molecule is O=C(O)[C@@H]1Cc2[nH]cnc2[C@H](c2cccc(Cl)c2)N1. The number of halogens is 1. The molecule has 6 heteroatoms. The van der Waals surface area contributed by atoms with Crippen LogP contribution in [-0.4, -0.2) is 27.1 Å². The fourth-order valence-electron chi connectivity index (χ4n) is 2.39. The number of hydrogen-bond acceptors (Lipinski definition) is 3. The molecular weight excluding hydrogens is 266 g/mol. The van der Waals surface area contributed by atoms with Gasteiger partial charge in [0.1, 0.15) is 6.04 Å². The summed E-state index contributed by atoms with van der Waals surface area (Å²) in [5.41, 5.74) is 2.60. The molecule has 0 amide bonds. The van der Waals surface area contributed by atoms with E-state index < -0.39 is 12.0 Å². The normalized spacial score (nSPS) is 21.9. The third kappa shape index (κ3) is 2.22. The van der Waals surface area contributed by atoms with E-state index in [1.54, 1.807) is 12.4 Å². The quantitative estimate of drug-likeness (QED) is 0.781. The third-order valence-corrected chi connectivity index (χ3v) is 3.52. The molecule has 0 aliphatic carbocycles. The summed E-state index contributed by atoms with van der Waals surface area (Å²) in [4.78, 5) is 18.5. The third-order valence-electron chi connectivity index (χ3n) is 3.28. The van der Waals surface area contributed by atoms with Gasteiger partial charge in [-0.3, -0.25) is 10.1 Å². The van der Waals surface area contributed by atoms with Gasteiger partial charge in [0.05, 0.1) is 18.1 Å². The summed E-state index contributed by atoms with van der Waals surface area (Å²) in [6, 6.07) is 6.48. The lowest BCUT2D eigenvalue weighted by Crippen LogP contribution is -2.45. The Hall–Kier alpha value is -1.85. The van der Waals surface area contributed by atoms with E-state index in [0.29, 0.717) is 11.4 Å². The Kier molecular flexibility index (Phi) is 3.00. The number of benzene rings is 1. The van der Waals surface area contributed by atoms with Crippen LogP contribution in [0.1, 0.15) is 23.0 Å². The van der Waals surface area contributed by atoms with Crippen molar-refractivity contribution in [1.29, 1.82) is 0 Å². The van der Waals surface area contributed by atoms with E-state index in [9.17, 15) is 9.90 Å². The number of rotatable bonds is 2. The fourth-order valence-corrected chi connectivity index (χ4v) is 2.58. The highest BCUT2D eigenvalue weighted by Gasteiger charge is 2.33. The second-order valence-corrected chi connectivity index (χ2v) is 4.95. The lowest BCUT2D eigenvalue weighted by Gasteiger charge is -2.28. The van der Waals surface area contributed by atoms with Gasteiger partial charge in [0.25, 0.3) is 0 Å². The molecule has 1 aromatic carbocycles. The van der Waals surface area contributed by atoms with Crippen molar-refractivity contribution in [2.45, 2.75) is 18.5 Å². The molecule has 1 aromatic heterocycles. The summed E-state index contributed by atoms with van der Waals surface area (Å²) in [7, 11) is 0. The molecule has 98 valence electrons.